The number of aliphatic hydroxyl groups is 1. The highest BCUT2D eigenvalue weighted by Gasteiger charge is 2.31. The Balaban J connectivity index is 1.94. The molecule has 0 radical (unpaired) electrons. The first kappa shape index (κ1) is 16.8. The van der Waals surface area contributed by atoms with E-state index in [1.807, 2.05) is 36.4 Å². The fourth-order valence-electron chi connectivity index (χ4n) is 2.94. The van der Waals surface area contributed by atoms with Gasteiger partial charge >= 0.3 is 0 Å². The van der Waals surface area contributed by atoms with E-state index < -0.39 is 12.2 Å². The zero-order valence-electron chi connectivity index (χ0n) is 14.7. The number of ether oxygens (including phenoxy) is 2. The zero-order valence-corrected chi connectivity index (χ0v) is 14.7. The lowest BCUT2D eigenvalue weighted by atomic mass is 9.90. The maximum atomic E-state index is 10.7. The van der Waals surface area contributed by atoms with Crippen LogP contribution >= 0.6 is 0 Å². The van der Waals surface area contributed by atoms with Gasteiger partial charge in [0.05, 0.1) is 7.11 Å². The summed E-state index contributed by atoms with van der Waals surface area (Å²) in [7, 11) is 1.65. The van der Waals surface area contributed by atoms with Crippen LogP contribution in [0.3, 0.4) is 0 Å². The van der Waals surface area contributed by atoms with E-state index in [4.69, 9.17) is 9.47 Å². The number of rotatable bonds is 4. The molecule has 0 saturated heterocycles. The lowest BCUT2D eigenvalue weighted by Gasteiger charge is -2.33. The third-order valence-corrected chi connectivity index (χ3v) is 4.19. The highest BCUT2D eigenvalue weighted by atomic mass is 16.5. The van der Waals surface area contributed by atoms with E-state index in [-0.39, 0.29) is 5.54 Å². The average molecular weight is 327 g/mol. The van der Waals surface area contributed by atoms with Gasteiger partial charge in [0.2, 0.25) is 0 Å². The highest BCUT2D eigenvalue weighted by molar-refractivity contribution is 5.77. The third kappa shape index (κ3) is 3.40. The first-order valence-corrected chi connectivity index (χ1v) is 8.26. The second kappa shape index (κ2) is 6.46. The number of fused-ring (bicyclic) bond motifs is 3. The van der Waals surface area contributed by atoms with Crippen LogP contribution in [0.15, 0.2) is 42.5 Å². The maximum absolute atomic E-state index is 10.7. The summed E-state index contributed by atoms with van der Waals surface area (Å²) in [5.41, 5.74) is 3.02. The molecule has 1 heterocycles. The van der Waals surface area contributed by atoms with Gasteiger partial charge in [0.15, 0.2) is 6.10 Å². The monoisotopic (exact) mass is 327 g/mol. The molecule has 2 aromatic carbocycles. The molecular formula is C20H25NO3. The molecule has 0 saturated carbocycles. The number of hydrogen-bond donors (Lipinski definition) is 2. The minimum atomic E-state index is -0.638. The molecule has 4 nitrogen and oxygen atoms in total. The molecule has 0 fully saturated rings. The van der Waals surface area contributed by atoms with Gasteiger partial charge in [-0.1, -0.05) is 24.3 Å². The van der Waals surface area contributed by atoms with Crippen molar-refractivity contribution in [1.29, 1.82) is 0 Å². The fraction of sp³-hybridized carbons (Fsp3) is 0.400. The van der Waals surface area contributed by atoms with Crippen LogP contribution in [0.4, 0.5) is 0 Å². The molecule has 24 heavy (non-hydrogen) atoms. The summed E-state index contributed by atoms with van der Waals surface area (Å²) in [4.78, 5) is 0. The summed E-state index contributed by atoms with van der Waals surface area (Å²) in [5, 5.41) is 14.0. The van der Waals surface area contributed by atoms with E-state index in [1.54, 1.807) is 7.11 Å². The van der Waals surface area contributed by atoms with Gasteiger partial charge in [-0.15, -0.1) is 0 Å². The van der Waals surface area contributed by atoms with Gasteiger partial charge in [-0.25, -0.2) is 0 Å². The molecule has 2 unspecified atom stereocenters. The number of β-amino-alcohol motifs (C(OH)–C–C–N with tert-alkyl or cyclic N) is 1. The maximum Gasteiger partial charge on any atom is 0.151 e. The molecule has 2 N–H and O–H groups in total. The summed E-state index contributed by atoms with van der Waals surface area (Å²) >= 11 is 0. The first-order chi connectivity index (χ1) is 11.4. The second-order valence-corrected chi connectivity index (χ2v) is 7.19. The number of nitrogens with one attached hydrogen (secondary N) is 1. The highest BCUT2D eigenvalue weighted by Crippen LogP contribution is 2.44. The summed E-state index contributed by atoms with van der Waals surface area (Å²) in [6, 6.07) is 13.8. The quantitative estimate of drug-likeness (QED) is 0.902. The molecule has 0 spiro atoms. The number of methoxy groups -OCH3 is 1. The third-order valence-electron chi connectivity index (χ3n) is 4.19. The van der Waals surface area contributed by atoms with Crippen LogP contribution in [0, 0.1) is 0 Å². The van der Waals surface area contributed by atoms with Crippen LogP contribution < -0.4 is 14.8 Å². The molecule has 1 aliphatic heterocycles. The van der Waals surface area contributed by atoms with Crippen molar-refractivity contribution in [2.45, 2.75) is 38.5 Å². The molecule has 0 amide bonds. The van der Waals surface area contributed by atoms with Crippen LogP contribution in [0.5, 0.6) is 11.5 Å². The van der Waals surface area contributed by atoms with E-state index in [2.05, 4.69) is 32.2 Å². The standard InChI is InChI=1S/C20H25NO3/c1-20(2,3)21-12-17(22)19-15-8-6-5-7-14(15)16-11-13(23-4)9-10-18(16)24-19/h5-11,17,19,21-22H,12H2,1-4H3. The Morgan fingerprint density at radius 1 is 1.17 bits per heavy atom. The Morgan fingerprint density at radius 2 is 1.92 bits per heavy atom. The van der Waals surface area contributed by atoms with Gasteiger partial charge in [0.25, 0.3) is 0 Å². The van der Waals surface area contributed by atoms with E-state index >= 15 is 0 Å². The molecule has 2 atom stereocenters. The van der Waals surface area contributed by atoms with Gasteiger partial charge in [-0.3, -0.25) is 0 Å². The van der Waals surface area contributed by atoms with Crippen LogP contribution in [0.25, 0.3) is 11.1 Å². The lowest BCUT2D eigenvalue weighted by Crippen LogP contribution is -2.43. The number of aliphatic hydroxyl groups excluding tert-OH is 1. The lowest BCUT2D eigenvalue weighted by molar-refractivity contribution is 0.0305. The molecule has 3 rings (SSSR count). The fourth-order valence-corrected chi connectivity index (χ4v) is 2.94. The van der Waals surface area contributed by atoms with Crippen molar-refractivity contribution in [2.75, 3.05) is 13.7 Å². The average Bonchev–Trinajstić information content (AvgIpc) is 2.58. The normalized spacial score (nSPS) is 17.5. The van der Waals surface area contributed by atoms with Crippen molar-refractivity contribution < 1.29 is 14.6 Å². The van der Waals surface area contributed by atoms with Gasteiger partial charge < -0.3 is 19.9 Å². The Bertz CT molecular complexity index is 721. The predicted octanol–water partition coefficient (Wildman–Crippen LogP) is 3.54. The molecule has 2 aromatic rings. The van der Waals surface area contributed by atoms with E-state index in [0.717, 1.165) is 28.2 Å². The molecular weight excluding hydrogens is 302 g/mol. The van der Waals surface area contributed by atoms with Crippen molar-refractivity contribution in [3.8, 4) is 22.6 Å². The molecule has 128 valence electrons. The predicted molar refractivity (Wildman–Crippen MR) is 95.6 cm³/mol. The van der Waals surface area contributed by atoms with Crippen LogP contribution in [-0.2, 0) is 0 Å². The second-order valence-electron chi connectivity index (χ2n) is 7.19. The van der Waals surface area contributed by atoms with E-state index in [0.29, 0.717) is 6.54 Å². The van der Waals surface area contributed by atoms with Crippen molar-refractivity contribution in [1.82, 2.24) is 5.32 Å². The van der Waals surface area contributed by atoms with E-state index in [1.165, 1.54) is 0 Å². The van der Waals surface area contributed by atoms with Crippen molar-refractivity contribution in [2.24, 2.45) is 0 Å². The Hall–Kier alpha value is -2.04. The van der Waals surface area contributed by atoms with Gasteiger partial charge in [0.1, 0.15) is 17.6 Å². The summed E-state index contributed by atoms with van der Waals surface area (Å²) in [6.07, 6.45) is -1.03. The first-order valence-electron chi connectivity index (χ1n) is 8.26. The number of hydrogen-bond acceptors (Lipinski definition) is 4. The summed E-state index contributed by atoms with van der Waals surface area (Å²) < 4.78 is 11.5. The van der Waals surface area contributed by atoms with Gasteiger partial charge in [-0.2, -0.15) is 0 Å². The molecule has 4 heteroatoms. The van der Waals surface area contributed by atoms with Crippen molar-refractivity contribution >= 4 is 0 Å². The summed E-state index contributed by atoms with van der Waals surface area (Å²) in [6.45, 7) is 6.71. The number of benzene rings is 2. The van der Waals surface area contributed by atoms with Gasteiger partial charge in [-0.05, 0) is 44.5 Å². The smallest absolute Gasteiger partial charge is 0.151 e. The van der Waals surface area contributed by atoms with Crippen LogP contribution in [0.2, 0.25) is 0 Å². The minimum absolute atomic E-state index is 0.0551. The Labute approximate surface area is 143 Å². The SMILES string of the molecule is COc1ccc2c(c1)-c1ccccc1C(C(O)CNC(C)(C)C)O2. The van der Waals surface area contributed by atoms with Gasteiger partial charge in [0, 0.05) is 23.2 Å². The molecule has 0 bridgehead atoms. The molecule has 1 aliphatic rings. The van der Waals surface area contributed by atoms with Crippen LogP contribution in [-0.4, -0.2) is 30.4 Å². The minimum Gasteiger partial charge on any atom is -0.497 e. The Kier molecular flexibility index (Phi) is 4.52. The topological polar surface area (TPSA) is 50.7 Å². The molecule has 0 aliphatic carbocycles. The zero-order chi connectivity index (χ0) is 17.3. The largest absolute Gasteiger partial charge is 0.497 e. The Morgan fingerprint density at radius 3 is 2.62 bits per heavy atom. The summed E-state index contributed by atoms with van der Waals surface area (Å²) in [5.74, 6) is 1.56. The van der Waals surface area contributed by atoms with E-state index in [9.17, 15) is 5.11 Å². The molecule has 0 aromatic heterocycles. The van der Waals surface area contributed by atoms with Crippen LogP contribution in [0.1, 0.15) is 32.4 Å². The van der Waals surface area contributed by atoms with Crippen molar-refractivity contribution in [3.05, 3.63) is 48.0 Å². The van der Waals surface area contributed by atoms with Crippen molar-refractivity contribution in [3.63, 3.8) is 0 Å².